The summed E-state index contributed by atoms with van der Waals surface area (Å²) in [5.41, 5.74) is 2.59. The van der Waals surface area contributed by atoms with Crippen LogP contribution in [0.4, 0.5) is 0 Å². The van der Waals surface area contributed by atoms with Crippen LogP contribution in [0.15, 0.2) is 66.7 Å². The van der Waals surface area contributed by atoms with E-state index in [9.17, 15) is 9.59 Å². The molecule has 1 atom stereocenters. The molecule has 0 aromatic heterocycles. The first kappa shape index (κ1) is 24.9. The van der Waals surface area contributed by atoms with E-state index in [0.29, 0.717) is 36.1 Å². The fourth-order valence-electron chi connectivity index (χ4n) is 4.02. The van der Waals surface area contributed by atoms with E-state index in [0.717, 1.165) is 16.7 Å². The number of fused-ring (bicyclic) bond motifs is 1. The molecule has 0 bridgehead atoms. The van der Waals surface area contributed by atoms with Crippen LogP contribution in [0.5, 0.6) is 23.0 Å². The number of ether oxygens (including phenoxy) is 4. The Labute approximate surface area is 210 Å². The second-order valence-corrected chi connectivity index (χ2v) is 8.45. The lowest BCUT2D eigenvalue weighted by molar-refractivity contribution is -0.140. The zero-order valence-electron chi connectivity index (χ0n) is 20.7. The van der Waals surface area contributed by atoms with Crippen molar-refractivity contribution in [1.29, 1.82) is 0 Å². The Morgan fingerprint density at radius 2 is 1.61 bits per heavy atom. The molecule has 0 spiro atoms. The van der Waals surface area contributed by atoms with Gasteiger partial charge in [0.05, 0.1) is 20.6 Å². The maximum absolute atomic E-state index is 13.5. The molecular formula is C28H30N2O6. The van der Waals surface area contributed by atoms with Crippen LogP contribution in [0, 0.1) is 0 Å². The lowest BCUT2D eigenvalue weighted by Gasteiger charge is -2.29. The normalized spacial score (nSPS) is 12.5. The molecule has 3 aromatic rings. The third-order valence-electron chi connectivity index (χ3n) is 6.07. The molecule has 1 heterocycles. The Morgan fingerprint density at radius 1 is 0.889 bits per heavy atom. The van der Waals surface area contributed by atoms with Gasteiger partial charge < -0.3 is 29.2 Å². The van der Waals surface area contributed by atoms with Crippen molar-refractivity contribution in [3.05, 3.63) is 83.4 Å². The molecule has 0 aliphatic carbocycles. The summed E-state index contributed by atoms with van der Waals surface area (Å²) in [6, 6.07) is 19.8. The highest BCUT2D eigenvalue weighted by Gasteiger charge is 2.26. The van der Waals surface area contributed by atoms with Gasteiger partial charge in [-0.25, -0.2) is 0 Å². The molecule has 1 unspecified atom stereocenters. The molecule has 188 valence electrons. The SMILES string of the molecule is COc1ccc(CC(=O)N(Cc2ccccc2)C(C)C(=O)NCc2ccc3c(c2)OCO3)cc1OC. The van der Waals surface area contributed by atoms with Crippen molar-refractivity contribution in [2.75, 3.05) is 21.0 Å². The Hall–Kier alpha value is -4.20. The van der Waals surface area contributed by atoms with E-state index in [2.05, 4.69) is 5.32 Å². The number of rotatable bonds is 10. The molecular weight excluding hydrogens is 460 g/mol. The third-order valence-corrected chi connectivity index (χ3v) is 6.07. The molecule has 0 saturated heterocycles. The van der Waals surface area contributed by atoms with Crippen LogP contribution >= 0.6 is 0 Å². The fourth-order valence-corrected chi connectivity index (χ4v) is 4.02. The second kappa shape index (κ2) is 11.5. The largest absolute Gasteiger partial charge is 0.493 e. The fraction of sp³-hybridized carbons (Fsp3) is 0.286. The first-order valence-corrected chi connectivity index (χ1v) is 11.7. The Morgan fingerprint density at radius 3 is 2.36 bits per heavy atom. The van der Waals surface area contributed by atoms with Crippen molar-refractivity contribution >= 4 is 11.8 Å². The van der Waals surface area contributed by atoms with Gasteiger partial charge in [-0.3, -0.25) is 9.59 Å². The number of hydrogen-bond donors (Lipinski definition) is 1. The summed E-state index contributed by atoms with van der Waals surface area (Å²) in [5.74, 6) is 2.07. The molecule has 1 aliphatic rings. The molecule has 1 aliphatic heterocycles. The van der Waals surface area contributed by atoms with Crippen LogP contribution in [0.2, 0.25) is 0 Å². The standard InChI is InChI=1S/C28H30N2O6/c1-19(28(32)29-16-22-10-12-24-26(14-22)36-18-35-24)30(17-20-7-5-4-6-8-20)27(31)15-21-9-11-23(33-2)25(13-21)34-3/h4-14,19H,15-18H2,1-3H3,(H,29,32). The van der Waals surface area contributed by atoms with Crippen molar-refractivity contribution < 1.29 is 28.5 Å². The minimum absolute atomic E-state index is 0.118. The van der Waals surface area contributed by atoms with Crippen LogP contribution in [0.3, 0.4) is 0 Å². The predicted octanol–water partition coefficient (Wildman–Crippen LogP) is 3.71. The molecule has 36 heavy (non-hydrogen) atoms. The van der Waals surface area contributed by atoms with Crippen LogP contribution < -0.4 is 24.3 Å². The molecule has 3 aromatic carbocycles. The smallest absolute Gasteiger partial charge is 0.242 e. The molecule has 0 fully saturated rings. The van der Waals surface area contributed by atoms with Gasteiger partial charge in [0.2, 0.25) is 18.6 Å². The first-order valence-electron chi connectivity index (χ1n) is 11.7. The minimum atomic E-state index is -0.688. The predicted molar refractivity (Wildman–Crippen MR) is 134 cm³/mol. The molecule has 8 nitrogen and oxygen atoms in total. The summed E-state index contributed by atoms with van der Waals surface area (Å²) < 4.78 is 21.4. The highest BCUT2D eigenvalue weighted by Crippen LogP contribution is 2.32. The van der Waals surface area contributed by atoms with Crippen LogP contribution in [0.1, 0.15) is 23.6 Å². The monoisotopic (exact) mass is 490 g/mol. The Bertz CT molecular complexity index is 1210. The number of benzene rings is 3. The molecule has 2 amide bonds. The van der Waals surface area contributed by atoms with Crippen LogP contribution in [-0.4, -0.2) is 43.8 Å². The van der Waals surface area contributed by atoms with Crippen molar-refractivity contribution in [3.63, 3.8) is 0 Å². The quantitative estimate of drug-likeness (QED) is 0.466. The summed E-state index contributed by atoms with van der Waals surface area (Å²) >= 11 is 0. The summed E-state index contributed by atoms with van der Waals surface area (Å²) in [6.45, 7) is 2.55. The Balaban J connectivity index is 1.47. The van der Waals surface area contributed by atoms with Crippen molar-refractivity contribution in [1.82, 2.24) is 10.2 Å². The van der Waals surface area contributed by atoms with Crippen LogP contribution in [0.25, 0.3) is 0 Å². The minimum Gasteiger partial charge on any atom is -0.493 e. The van der Waals surface area contributed by atoms with Gasteiger partial charge in [0.15, 0.2) is 23.0 Å². The number of amides is 2. The zero-order valence-corrected chi connectivity index (χ0v) is 20.7. The third kappa shape index (κ3) is 5.89. The maximum atomic E-state index is 13.5. The number of nitrogens with one attached hydrogen (secondary N) is 1. The molecule has 1 N–H and O–H groups in total. The van der Waals surface area contributed by atoms with Crippen molar-refractivity contribution in [2.24, 2.45) is 0 Å². The van der Waals surface area contributed by atoms with Crippen molar-refractivity contribution in [2.45, 2.75) is 32.5 Å². The zero-order chi connectivity index (χ0) is 25.5. The van der Waals surface area contributed by atoms with Gasteiger partial charge in [0, 0.05) is 13.1 Å². The molecule has 8 heteroatoms. The summed E-state index contributed by atoms with van der Waals surface area (Å²) in [4.78, 5) is 28.2. The Kier molecular flexibility index (Phi) is 7.95. The van der Waals surface area contributed by atoms with E-state index in [1.165, 1.54) is 0 Å². The lowest BCUT2D eigenvalue weighted by Crippen LogP contribution is -2.47. The van der Waals surface area contributed by atoms with Gasteiger partial charge in [0.25, 0.3) is 0 Å². The van der Waals surface area contributed by atoms with E-state index in [4.69, 9.17) is 18.9 Å². The van der Waals surface area contributed by atoms with E-state index in [-0.39, 0.29) is 25.0 Å². The highest BCUT2D eigenvalue weighted by molar-refractivity contribution is 5.88. The van der Waals surface area contributed by atoms with Crippen LogP contribution in [-0.2, 0) is 29.1 Å². The molecule has 0 saturated carbocycles. The van der Waals surface area contributed by atoms with Gasteiger partial charge in [-0.05, 0) is 47.9 Å². The van der Waals surface area contributed by atoms with Crippen molar-refractivity contribution in [3.8, 4) is 23.0 Å². The van der Waals surface area contributed by atoms with E-state index >= 15 is 0 Å². The number of carbonyl (C=O) groups excluding carboxylic acids is 2. The summed E-state index contributed by atoms with van der Waals surface area (Å²) in [5, 5.41) is 2.94. The van der Waals surface area contributed by atoms with Gasteiger partial charge in [-0.2, -0.15) is 0 Å². The van der Waals surface area contributed by atoms with E-state index < -0.39 is 6.04 Å². The van der Waals surface area contributed by atoms with E-state index in [1.54, 1.807) is 38.2 Å². The topological polar surface area (TPSA) is 86.3 Å². The summed E-state index contributed by atoms with van der Waals surface area (Å²) in [7, 11) is 3.12. The summed E-state index contributed by atoms with van der Waals surface area (Å²) in [6.07, 6.45) is 0.118. The number of carbonyl (C=O) groups is 2. The number of nitrogens with zero attached hydrogens (tertiary/aromatic N) is 1. The number of hydrogen-bond acceptors (Lipinski definition) is 6. The second-order valence-electron chi connectivity index (χ2n) is 8.45. The highest BCUT2D eigenvalue weighted by atomic mass is 16.7. The van der Waals surface area contributed by atoms with E-state index in [1.807, 2.05) is 54.6 Å². The lowest BCUT2D eigenvalue weighted by atomic mass is 10.1. The molecule has 4 rings (SSSR count). The van der Waals surface area contributed by atoms with Gasteiger partial charge in [0.1, 0.15) is 6.04 Å². The maximum Gasteiger partial charge on any atom is 0.242 e. The molecule has 0 radical (unpaired) electrons. The van der Waals surface area contributed by atoms with Gasteiger partial charge in [-0.15, -0.1) is 0 Å². The average molecular weight is 491 g/mol. The average Bonchev–Trinajstić information content (AvgIpc) is 3.38. The number of methoxy groups -OCH3 is 2. The van der Waals surface area contributed by atoms with Gasteiger partial charge in [-0.1, -0.05) is 42.5 Å². The van der Waals surface area contributed by atoms with Gasteiger partial charge >= 0.3 is 0 Å². The first-order chi connectivity index (χ1) is 17.5.